The minimum atomic E-state index is -0.363. The van der Waals surface area contributed by atoms with Crippen LogP contribution < -0.4 is 10.6 Å². The Morgan fingerprint density at radius 1 is 1.17 bits per heavy atom. The van der Waals surface area contributed by atoms with Crippen molar-refractivity contribution < 1.29 is 9.59 Å². The molecule has 2 amide bonds. The van der Waals surface area contributed by atoms with Crippen molar-refractivity contribution in [1.82, 2.24) is 15.5 Å². The van der Waals surface area contributed by atoms with Gasteiger partial charge in [-0.15, -0.1) is 12.4 Å². The van der Waals surface area contributed by atoms with Crippen LogP contribution in [-0.2, 0) is 9.59 Å². The summed E-state index contributed by atoms with van der Waals surface area (Å²) in [5, 5.41) is 6.28. The maximum absolute atomic E-state index is 12.2. The van der Waals surface area contributed by atoms with Crippen molar-refractivity contribution >= 4 is 24.2 Å². The zero-order valence-electron chi connectivity index (χ0n) is 15.1. The molecule has 23 heavy (non-hydrogen) atoms. The van der Waals surface area contributed by atoms with Gasteiger partial charge in [-0.1, -0.05) is 27.7 Å². The Balaban J connectivity index is 0.00000484. The van der Waals surface area contributed by atoms with E-state index in [1.54, 1.807) is 0 Å². The Labute approximate surface area is 147 Å². The van der Waals surface area contributed by atoms with Gasteiger partial charge in [0.25, 0.3) is 0 Å². The van der Waals surface area contributed by atoms with Crippen molar-refractivity contribution in [3.63, 3.8) is 0 Å². The summed E-state index contributed by atoms with van der Waals surface area (Å²) >= 11 is 0. The summed E-state index contributed by atoms with van der Waals surface area (Å²) in [6.07, 6.45) is 3.44. The zero-order chi connectivity index (χ0) is 16.6. The average Bonchev–Trinajstić information content (AvgIpc) is 2.48. The van der Waals surface area contributed by atoms with Crippen LogP contribution in [0.5, 0.6) is 0 Å². The second kappa shape index (κ2) is 10.9. The summed E-state index contributed by atoms with van der Waals surface area (Å²) in [5.74, 6) is 0.978. The Hall–Kier alpha value is -0.810. The highest BCUT2D eigenvalue weighted by Crippen LogP contribution is 2.17. The van der Waals surface area contributed by atoms with E-state index in [9.17, 15) is 9.59 Å². The van der Waals surface area contributed by atoms with Gasteiger partial charge in [-0.3, -0.25) is 9.59 Å². The maximum Gasteiger partial charge on any atom is 0.225 e. The molecule has 1 aliphatic heterocycles. The molecule has 0 aromatic rings. The quantitative estimate of drug-likeness (QED) is 0.694. The van der Waals surface area contributed by atoms with Crippen LogP contribution in [-0.4, -0.2) is 49.4 Å². The standard InChI is InChI=1S/C17H33N3O2.ClH/c1-5-18-13-14-8-11-20(12-9-14)15(21)7-6-10-19-16(22)17(2,3)4;/h14,18H,5-13H2,1-4H3,(H,19,22);1H. The van der Waals surface area contributed by atoms with Crippen LogP contribution in [0.1, 0.15) is 53.4 Å². The zero-order valence-corrected chi connectivity index (χ0v) is 15.9. The Kier molecular flexibility index (Phi) is 10.5. The molecule has 1 aliphatic rings. The smallest absolute Gasteiger partial charge is 0.225 e. The van der Waals surface area contributed by atoms with Crippen molar-refractivity contribution in [3.05, 3.63) is 0 Å². The normalized spacial score (nSPS) is 15.9. The highest BCUT2D eigenvalue weighted by molar-refractivity contribution is 5.85. The van der Waals surface area contributed by atoms with Crippen LogP contribution in [0.15, 0.2) is 0 Å². The predicted molar refractivity (Wildman–Crippen MR) is 96.8 cm³/mol. The molecule has 0 aromatic heterocycles. The minimum Gasteiger partial charge on any atom is -0.356 e. The lowest BCUT2D eigenvalue weighted by atomic mass is 9.95. The van der Waals surface area contributed by atoms with Crippen LogP contribution in [0.2, 0.25) is 0 Å². The Morgan fingerprint density at radius 3 is 2.30 bits per heavy atom. The third-order valence-corrected chi connectivity index (χ3v) is 4.18. The van der Waals surface area contributed by atoms with Crippen molar-refractivity contribution in [1.29, 1.82) is 0 Å². The minimum absolute atomic E-state index is 0. The molecule has 1 rings (SSSR count). The second-order valence-electron chi connectivity index (χ2n) is 7.24. The van der Waals surface area contributed by atoms with Gasteiger partial charge in [-0.05, 0) is 38.3 Å². The first-order chi connectivity index (χ1) is 10.3. The summed E-state index contributed by atoms with van der Waals surface area (Å²) in [5.41, 5.74) is -0.363. The Bertz CT molecular complexity index is 361. The van der Waals surface area contributed by atoms with Gasteiger partial charge >= 0.3 is 0 Å². The van der Waals surface area contributed by atoms with Crippen LogP contribution in [0.3, 0.4) is 0 Å². The first-order valence-electron chi connectivity index (χ1n) is 8.61. The number of nitrogens with one attached hydrogen (secondary N) is 2. The van der Waals surface area contributed by atoms with Crippen molar-refractivity contribution in [2.75, 3.05) is 32.7 Å². The van der Waals surface area contributed by atoms with Gasteiger partial charge < -0.3 is 15.5 Å². The van der Waals surface area contributed by atoms with Crippen LogP contribution in [0, 0.1) is 11.3 Å². The van der Waals surface area contributed by atoms with E-state index in [0.29, 0.717) is 18.9 Å². The number of piperidine rings is 1. The van der Waals surface area contributed by atoms with Gasteiger partial charge in [0.15, 0.2) is 0 Å². The molecule has 0 atom stereocenters. The lowest BCUT2D eigenvalue weighted by Gasteiger charge is -2.32. The summed E-state index contributed by atoms with van der Waals surface area (Å²) in [4.78, 5) is 25.9. The number of hydrogen-bond donors (Lipinski definition) is 2. The highest BCUT2D eigenvalue weighted by atomic mass is 35.5. The molecule has 1 saturated heterocycles. The second-order valence-corrected chi connectivity index (χ2v) is 7.24. The molecule has 0 aromatic carbocycles. The summed E-state index contributed by atoms with van der Waals surface area (Å²) < 4.78 is 0. The molecular formula is C17H34ClN3O2. The fraction of sp³-hybridized carbons (Fsp3) is 0.882. The van der Waals surface area contributed by atoms with E-state index in [2.05, 4.69) is 17.6 Å². The number of halogens is 1. The molecule has 1 heterocycles. The van der Waals surface area contributed by atoms with E-state index in [-0.39, 0.29) is 29.6 Å². The number of rotatable bonds is 7. The molecule has 0 aliphatic carbocycles. The van der Waals surface area contributed by atoms with Gasteiger partial charge in [-0.25, -0.2) is 0 Å². The van der Waals surface area contributed by atoms with Gasteiger partial charge in [-0.2, -0.15) is 0 Å². The van der Waals surface area contributed by atoms with Crippen molar-refractivity contribution in [3.8, 4) is 0 Å². The topological polar surface area (TPSA) is 61.4 Å². The SMILES string of the molecule is CCNCC1CCN(C(=O)CCCNC(=O)C(C)(C)C)CC1.Cl. The molecule has 0 radical (unpaired) electrons. The third kappa shape index (κ3) is 8.56. The lowest BCUT2D eigenvalue weighted by Crippen LogP contribution is -2.41. The number of likely N-dealkylation sites (tertiary alicyclic amines) is 1. The van der Waals surface area contributed by atoms with E-state index in [4.69, 9.17) is 0 Å². The fourth-order valence-electron chi connectivity index (χ4n) is 2.60. The van der Waals surface area contributed by atoms with Crippen molar-refractivity contribution in [2.24, 2.45) is 11.3 Å². The lowest BCUT2D eigenvalue weighted by molar-refractivity contribution is -0.133. The maximum atomic E-state index is 12.2. The summed E-state index contributed by atoms with van der Waals surface area (Å²) in [7, 11) is 0. The first-order valence-corrected chi connectivity index (χ1v) is 8.61. The van der Waals surface area contributed by atoms with Gasteiger partial charge in [0.1, 0.15) is 0 Å². The summed E-state index contributed by atoms with van der Waals surface area (Å²) in [6.45, 7) is 12.2. The van der Waals surface area contributed by atoms with Crippen LogP contribution >= 0.6 is 12.4 Å². The van der Waals surface area contributed by atoms with Crippen LogP contribution in [0.4, 0.5) is 0 Å². The van der Waals surface area contributed by atoms with Gasteiger partial charge in [0.05, 0.1) is 0 Å². The number of carbonyl (C=O) groups is 2. The molecule has 136 valence electrons. The van der Waals surface area contributed by atoms with E-state index in [0.717, 1.165) is 45.4 Å². The van der Waals surface area contributed by atoms with E-state index < -0.39 is 0 Å². The van der Waals surface area contributed by atoms with E-state index in [1.165, 1.54) is 0 Å². The molecule has 5 nitrogen and oxygen atoms in total. The van der Waals surface area contributed by atoms with Gasteiger partial charge in [0.2, 0.25) is 11.8 Å². The molecule has 0 spiro atoms. The highest BCUT2D eigenvalue weighted by Gasteiger charge is 2.23. The molecule has 2 N–H and O–H groups in total. The molecule has 0 bridgehead atoms. The molecule has 0 saturated carbocycles. The number of amides is 2. The monoisotopic (exact) mass is 347 g/mol. The average molecular weight is 348 g/mol. The predicted octanol–water partition coefficient (Wildman–Crippen LogP) is 2.20. The van der Waals surface area contributed by atoms with Crippen LogP contribution in [0.25, 0.3) is 0 Å². The molecule has 0 unspecified atom stereocenters. The molecule has 6 heteroatoms. The first kappa shape index (κ1) is 22.2. The largest absolute Gasteiger partial charge is 0.356 e. The number of nitrogens with zero attached hydrogens (tertiary/aromatic N) is 1. The molecule has 1 fully saturated rings. The van der Waals surface area contributed by atoms with Crippen molar-refractivity contribution in [2.45, 2.75) is 53.4 Å². The number of carbonyl (C=O) groups excluding carboxylic acids is 2. The fourth-order valence-corrected chi connectivity index (χ4v) is 2.60. The molecular weight excluding hydrogens is 314 g/mol. The van der Waals surface area contributed by atoms with E-state index >= 15 is 0 Å². The Morgan fingerprint density at radius 2 is 1.78 bits per heavy atom. The number of hydrogen-bond acceptors (Lipinski definition) is 3. The van der Waals surface area contributed by atoms with Gasteiger partial charge in [0, 0.05) is 31.5 Å². The van der Waals surface area contributed by atoms with E-state index in [1.807, 2.05) is 25.7 Å². The third-order valence-electron chi connectivity index (χ3n) is 4.18. The summed E-state index contributed by atoms with van der Waals surface area (Å²) in [6, 6.07) is 0.